The SMILES string of the molecule is Fc1cc(F)cc(OCc2ccc(-c3nc4ccccc4[nH]3)cc2)c1. The first-order chi connectivity index (χ1) is 12.2. The number of hydrogen-bond acceptors (Lipinski definition) is 2. The summed E-state index contributed by atoms with van der Waals surface area (Å²) in [6.07, 6.45) is 0. The second-order valence-electron chi connectivity index (χ2n) is 5.69. The number of halogens is 2. The number of H-pyrrole nitrogens is 1. The van der Waals surface area contributed by atoms with Crippen LogP contribution in [0.15, 0.2) is 66.7 Å². The Kier molecular flexibility index (Phi) is 3.90. The topological polar surface area (TPSA) is 37.9 Å². The summed E-state index contributed by atoms with van der Waals surface area (Å²) in [5.74, 6) is -0.356. The lowest BCUT2D eigenvalue weighted by atomic mass is 10.1. The molecule has 1 aromatic heterocycles. The number of imidazole rings is 1. The summed E-state index contributed by atoms with van der Waals surface area (Å²) < 4.78 is 31.7. The Balaban J connectivity index is 1.49. The smallest absolute Gasteiger partial charge is 0.138 e. The zero-order valence-electron chi connectivity index (χ0n) is 13.2. The van der Waals surface area contributed by atoms with Gasteiger partial charge in [-0.15, -0.1) is 0 Å². The number of hydrogen-bond donors (Lipinski definition) is 1. The predicted octanol–water partition coefficient (Wildman–Crippen LogP) is 5.09. The Morgan fingerprint density at radius 1 is 0.880 bits per heavy atom. The standard InChI is InChI=1S/C20H14F2N2O/c21-15-9-16(22)11-17(10-15)25-12-13-5-7-14(8-6-13)20-23-18-3-1-2-4-19(18)24-20/h1-11H,12H2,(H,23,24). The molecule has 0 bridgehead atoms. The van der Waals surface area contributed by atoms with Crippen molar-refractivity contribution in [1.29, 1.82) is 0 Å². The number of rotatable bonds is 4. The highest BCUT2D eigenvalue weighted by molar-refractivity contribution is 5.79. The van der Waals surface area contributed by atoms with Crippen LogP contribution < -0.4 is 4.74 Å². The summed E-state index contributed by atoms with van der Waals surface area (Å²) in [7, 11) is 0. The lowest BCUT2D eigenvalue weighted by molar-refractivity contribution is 0.302. The van der Waals surface area contributed by atoms with E-state index in [9.17, 15) is 8.78 Å². The van der Waals surface area contributed by atoms with Crippen molar-refractivity contribution < 1.29 is 13.5 Å². The van der Waals surface area contributed by atoms with Gasteiger partial charge in [0.15, 0.2) is 0 Å². The summed E-state index contributed by atoms with van der Waals surface area (Å²) in [6.45, 7) is 0.225. The maximum absolute atomic E-state index is 13.2. The van der Waals surface area contributed by atoms with Crippen LogP contribution in [-0.4, -0.2) is 9.97 Å². The normalized spacial score (nSPS) is 11.0. The molecule has 1 N–H and O–H groups in total. The number of nitrogens with zero attached hydrogens (tertiary/aromatic N) is 1. The number of ether oxygens (including phenoxy) is 1. The van der Waals surface area contributed by atoms with Gasteiger partial charge in [0, 0.05) is 23.8 Å². The van der Waals surface area contributed by atoms with Gasteiger partial charge in [-0.05, 0) is 17.7 Å². The van der Waals surface area contributed by atoms with Crippen molar-refractivity contribution in [3.05, 3.63) is 83.9 Å². The van der Waals surface area contributed by atoms with Crippen LogP contribution in [0.1, 0.15) is 5.56 Å². The fourth-order valence-electron chi connectivity index (χ4n) is 2.63. The van der Waals surface area contributed by atoms with E-state index >= 15 is 0 Å². The minimum absolute atomic E-state index is 0.166. The molecular weight excluding hydrogens is 322 g/mol. The summed E-state index contributed by atoms with van der Waals surface area (Å²) >= 11 is 0. The molecule has 0 aliphatic carbocycles. The Hall–Kier alpha value is -3.21. The van der Waals surface area contributed by atoms with Gasteiger partial charge < -0.3 is 9.72 Å². The maximum atomic E-state index is 13.2. The average Bonchev–Trinajstić information content (AvgIpc) is 3.04. The van der Waals surface area contributed by atoms with E-state index in [0.29, 0.717) is 0 Å². The van der Waals surface area contributed by atoms with Gasteiger partial charge in [0.2, 0.25) is 0 Å². The molecule has 0 unspecified atom stereocenters. The average molecular weight is 336 g/mol. The van der Waals surface area contributed by atoms with Crippen molar-refractivity contribution in [2.24, 2.45) is 0 Å². The molecule has 0 aliphatic heterocycles. The Bertz CT molecular complexity index is 972. The largest absolute Gasteiger partial charge is 0.489 e. The third-order valence-corrected chi connectivity index (χ3v) is 3.86. The lowest BCUT2D eigenvalue weighted by Gasteiger charge is -2.07. The quantitative estimate of drug-likeness (QED) is 0.564. The second kappa shape index (κ2) is 6.36. The van der Waals surface area contributed by atoms with Crippen molar-refractivity contribution in [1.82, 2.24) is 9.97 Å². The van der Waals surface area contributed by atoms with E-state index < -0.39 is 11.6 Å². The number of aromatic nitrogens is 2. The Labute approximate surface area is 142 Å². The molecule has 0 atom stereocenters. The van der Waals surface area contributed by atoms with Crippen molar-refractivity contribution in [3.8, 4) is 17.1 Å². The second-order valence-corrected chi connectivity index (χ2v) is 5.69. The van der Waals surface area contributed by atoms with Gasteiger partial charge in [-0.25, -0.2) is 13.8 Å². The third-order valence-electron chi connectivity index (χ3n) is 3.86. The molecule has 1 heterocycles. The zero-order valence-corrected chi connectivity index (χ0v) is 13.2. The van der Waals surface area contributed by atoms with Crippen LogP contribution in [0.4, 0.5) is 8.78 Å². The predicted molar refractivity (Wildman–Crippen MR) is 92.2 cm³/mol. The molecule has 0 spiro atoms. The summed E-state index contributed by atoms with van der Waals surface area (Å²) in [6, 6.07) is 18.6. The molecule has 5 heteroatoms. The molecule has 0 saturated heterocycles. The number of nitrogens with one attached hydrogen (secondary N) is 1. The van der Waals surface area contributed by atoms with E-state index in [4.69, 9.17) is 4.74 Å². The molecule has 0 radical (unpaired) electrons. The minimum Gasteiger partial charge on any atom is -0.489 e. The molecule has 0 saturated carbocycles. The van der Waals surface area contributed by atoms with Gasteiger partial charge in [-0.3, -0.25) is 0 Å². The molecule has 3 aromatic carbocycles. The fourth-order valence-corrected chi connectivity index (χ4v) is 2.63. The van der Waals surface area contributed by atoms with Crippen LogP contribution in [-0.2, 0) is 6.61 Å². The van der Waals surface area contributed by atoms with Crippen molar-refractivity contribution in [2.45, 2.75) is 6.61 Å². The Morgan fingerprint density at radius 2 is 1.60 bits per heavy atom. The highest BCUT2D eigenvalue weighted by Gasteiger charge is 2.06. The molecule has 4 aromatic rings. The zero-order chi connectivity index (χ0) is 17.2. The van der Waals surface area contributed by atoms with Crippen LogP contribution in [0, 0.1) is 11.6 Å². The third kappa shape index (κ3) is 3.35. The van der Waals surface area contributed by atoms with E-state index in [-0.39, 0.29) is 12.4 Å². The molecular formula is C20H14F2N2O. The van der Waals surface area contributed by atoms with Crippen LogP contribution in [0.3, 0.4) is 0 Å². The van der Waals surface area contributed by atoms with Crippen molar-refractivity contribution in [3.63, 3.8) is 0 Å². The highest BCUT2D eigenvalue weighted by atomic mass is 19.1. The summed E-state index contributed by atoms with van der Waals surface area (Å²) in [5, 5.41) is 0. The summed E-state index contributed by atoms with van der Waals surface area (Å²) in [4.78, 5) is 7.83. The molecule has 25 heavy (non-hydrogen) atoms. The number of benzene rings is 3. The van der Waals surface area contributed by atoms with E-state index in [0.717, 1.165) is 46.2 Å². The number of aromatic amines is 1. The first kappa shape index (κ1) is 15.3. The highest BCUT2D eigenvalue weighted by Crippen LogP contribution is 2.22. The van der Waals surface area contributed by atoms with Gasteiger partial charge >= 0.3 is 0 Å². The molecule has 0 aliphatic rings. The van der Waals surface area contributed by atoms with E-state index in [1.807, 2.05) is 48.5 Å². The molecule has 0 amide bonds. The van der Waals surface area contributed by atoms with Crippen LogP contribution in [0.25, 0.3) is 22.4 Å². The van der Waals surface area contributed by atoms with Crippen molar-refractivity contribution in [2.75, 3.05) is 0 Å². The first-order valence-corrected chi connectivity index (χ1v) is 7.80. The van der Waals surface area contributed by atoms with Crippen LogP contribution in [0.2, 0.25) is 0 Å². The molecule has 0 fully saturated rings. The summed E-state index contributed by atoms with van der Waals surface area (Å²) in [5.41, 5.74) is 3.75. The van der Waals surface area contributed by atoms with Gasteiger partial charge in [-0.1, -0.05) is 36.4 Å². The van der Waals surface area contributed by atoms with Gasteiger partial charge in [0.05, 0.1) is 11.0 Å². The maximum Gasteiger partial charge on any atom is 0.138 e. The lowest BCUT2D eigenvalue weighted by Crippen LogP contribution is -1.96. The monoisotopic (exact) mass is 336 g/mol. The number of fused-ring (bicyclic) bond motifs is 1. The van der Waals surface area contributed by atoms with E-state index in [1.54, 1.807) is 0 Å². The van der Waals surface area contributed by atoms with Crippen LogP contribution in [0.5, 0.6) is 5.75 Å². The molecule has 124 valence electrons. The van der Waals surface area contributed by atoms with Gasteiger partial charge in [0.25, 0.3) is 0 Å². The molecule has 3 nitrogen and oxygen atoms in total. The van der Waals surface area contributed by atoms with Crippen molar-refractivity contribution >= 4 is 11.0 Å². The van der Waals surface area contributed by atoms with Gasteiger partial charge in [-0.2, -0.15) is 0 Å². The fraction of sp³-hybridized carbons (Fsp3) is 0.0500. The van der Waals surface area contributed by atoms with E-state index in [1.165, 1.54) is 0 Å². The molecule has 4 rings (SSSR count). The first-order valence-electron chi connectivity index (χ1n) is 7.80. The number of para-hydroxylation sites is 2. The van der Waals surface area contributed by atoms with Crippen LogP contribution >= 0.6 is 0 Å². The minimum atomic E-state index is -0.657. The Morgan fingerprint density at radius 3 is 2.32 bits per heavy atom. The van der Waals surface area contributed by atoms with E-state index in [2.05, 4.69) is 9.97 Å². The van der Waals surface area contributed by atoms with Gasteiger partial charge in [0.1, 0.15) is 29.8 Å².